The number of aryl methyl sites for hydroxylation is 2. The number of rotatable bonds is 5. The van der Waals surface area contributed by atoms with E-state index < -0.39 is 11.2 Å². The number of H-pyrrole nitrogens is 2. The monoisotopic (exact) mass is 367 g/mol. The number of para-hydroxylation sites is 1. The Morgan fingerprint density at radius 2 is 1.85 bits per heavy atom. The zero-order chi connectivity index (χ0) is 19.6. The molecule has 0 aliphatic heterocycles. The molecule has 0 aliphatic rings. The summed E-state index contributed by atoms with van der Waals surface area (Å²) in [5.74, 6) is 0.439. The molecule has 0 unspecified atom stereocenters. The van der Waals surface area contributed by atoms with Gasteiger partial charge in [-0.05, 0) is 26.3 Å². The van der Waals surface area contributed by atoms with Crippen LogP contribution in [0.3, 0.4) is 0 Å². The second kappa shape index (κ2) is 7.53. The number of aromatic amines is 2. The van der Waals surface area contributed by atoms with E-state index in [1.54, 1.807) is 18.9 Å². The highest BCUT2D eigenvalue weighted by Crippen LogP contribution is 2.15. The molecule has 0 spiro atoms. The molecule has 2 aromatic heterocycles. The summed E-state index contributed by atoms with van der Waals surface area (Å²) in [5.41, 5.74) is 1.60. The van der Waals surface area contributed by atoms with Crippen LogP contribution in [0.5, 0.6) is 0 Å². The standard InChI is InChI=1S/C19H21N5O3/c1-11-13-6-4-5-7-15(13)22-16(20-11)10-24(3)17(25)9-8-14-12(2)21-19(27)23-18(14)26/h4-7H,8-10H2,1-3H3,(H2,21,23,26,27). The predicted molar refractivity (Wildman–Crippen MR) is 101 cm³/mol. The molecule has 0 radical (unpaired) electrons. The number of benzene rings is 1. The molecule has 2 N–H and O–H groups in total. The predicted octanol–water partition coefficient (Wildman–Crippen LogP) is 1.21. The summed E-state index contributed by atoms with van der Waals surface area (Å²) in [6, 6.07) is 7.74. The average Bonchev–Trinajstić information content (AvgIpc) is 2.60. The van der Waals surface area contributed by atoms with Crippen LogP contribution in [0, 0.1) is 13.8 Å². The molecular formula is C19H21N5O3. The Morgan fingerprint density at radius 1 is 1.11 bits per heavy atom. The van der Waals surface area contributed by atoms with Crippen molar-refractivity contribution in [3.63, 3.8) is 0 Å². The average molecular weight is 367 g/mol. The first kappa shape index (κ1) is 18.5. The van der Waals surface area contributed by atoms with Crippen LogP contribution in [0.2, 0.25) is 0 Å². The van der Waals surface area contributed by atoms with Crippen molar-refractivity contribution in [2.24, 2.45) is 0 Å². The van der Waals surface area contributed by atoms with Crippen molar-refractivity contribution in [1.82, 2.24) is 24.8 Å². The summed E-state index contributed by atoms with van der Waals surface area (Å²) in [6.45, 7) is 3.85. The summed E-state index contributed by atoms with van der Waals surface area (Å²) < 4.78 is 0. The molecule has 8 heteroatoms. The van der Waals surface area contributed by atoms with Crippen molar-refractivity contribution < 1.29 is 4.79 Å². The molecule has 8 nitrogen and oxygen atoms in total. The van der Waals surface area contributed by atoms with E-state index >= 15 is 0 Å². The van der Waals surface area contributed by atoms with E-state index in [4.69, 9.17) is 0 Å². The van der Waals surface area contributed by atoms with Crippen LogP contribution in [-0.2, 0) is 17.8 Å². The third-order valence-corrected chi connectivity index (χ3v) is 4.49. The van der Waals surface area contributed by atoms with E-state index in [9.17, 15) is 14.4 Å². The quantitative estimate of drug-likeness (QED) is 0.704. The molecular weight excluding hydrogens is 346 g/mol. The lowest BCUT2D eigenvalue weighted by molar-refractivity contribution is -0.130. The van der Waals surface area contributed by atoms with E-state index in [1.165, 1.54) is 0 Å². The van der Waals surface area contributed by atoms with Crippen LogP contribution in [0.25, 0.3) is 10.9 Å². The zero-order valence-corrected chi connectivity index (χ0v) is 15.5. The number of hydrogen-bond acceptors (Lipinski definition) is 5. The third-order valence-electron chi connectivity index (χ3n) is 4.49. The molecule has 27 heavy (non-hydrogen) atoms. The van der Waals surface area contributed by atoms with Gasteiger partial charge in [0.05, 0.1) is 12.1 Å². The van der Waals surface area contributed by atoms with Gasteiger partial charge in [-0.2, -0.15) is 0 Å². The highest BCUT2D eigenvalue weighted by molar-refractivity contribution is 5.80. The Bertz CT molecular complexity index is 1120. The first-order valence-electron chi connectivity index (χ1n) is 8.63. The largest absolute Gasteiger partial charge is 0.338 e. The van der Waals surface area contributed by atoms with E-state index in [-0.39, 0.29) is 25.3 Å². The van der Waals surface area contributed by atoms with Gasteiger partial charge in [0.1, 0.15) is 5.82 Å². The minimum absolute atomic E-state index is 0.130. The van der Waals surface area contributed by atoms with Crippen molar-refractivity contribution in [2.75, 3.05) is 7.05 Å². The SMILES string of the molecule is Cc1[nH]c(=O)[nH]c(=O)c1CCC(=O)N(C)Cc1nc(C)c2ccccc2n1. The highest BCUT2D eigenvalue weighted by Gasteiger charge is 2.14. The molecule has 3 aromatic rings. The highest BCUT2D eigenvalue weighted by atomic mass is 16.2. The molecule has 140 valence electrons. The molecule has 0 saturated carbocycles. The fraction of sp³-hybridized carbons (Fsp3) is 0.316. The Hall–Kier alpha value is -3.29. The van der Waals surface area contributed by atoms with Crippen molar-refractivity contribution in [3.05, 3.63) is 67.9 Å². The van der Waals surface area contributed by atoms with E-state index in [0.29, 0.717) is 17.1 Å². The summed E-state index contributed by atoms with van der Waals surface area (Å²) in [6.07, 6.45) is 0.401. The van der Waals surface area contributed by atoms with Gasteiger partial charge in [0.15, 0.2) is 0 Å². The van der Waals surface area contributed by atoms with Gasteiger partial charge in [-0.25, -0.2) is 14.8 Å². The molecule has 0 aliphatic carbocycles. The molecule has 1 amide bonds. The van der Waals surface area contributed by atoms with Crippen molar-refractivity contribution in [2.45, 2.75) is 33.2 Å². The topological polar surface area (TPSA) is 112 Å². The van der Waals surface area contributed by atoms with Crippen LogP contribution >= 0.6 is 0 Å². The van der Waals surface area contributed by atoms with Gasteiger partial charge in [-0.1, -0.05) is 18.2 Å². The number of nitrogens with one attached hydrogen (secondary N) is 2. The maximum absolute atomic E-state index is 12.4. The molecule has 0 fully saturated rings. The van der Waals surface area contributed by atoms with Gasteiger partial charge >= 0.3 is 5.69 Å². The molecule has 0 bridgehead atoms. The lowest BCUT2D eigenvalue weighted by Crippen LogP contribution is -2.30. The Kier molecular flexibility index (Phi) is 5.16. The molecule has 1 aromatic carbocycles. The van der Waals surface area contributed by atoms with Crippen LogP contribution in [0.15, 0.2) is 33.9 Å². The fourth-order valence-corrected chi connectivity index (χ4v) is 3.02. The van der Waals surface area contributed by atoms with Gasteiger partial charge in [0, 0.05) is 35.8 Å². The lowest BCUT2D eigenvalue weighted by Gasteiger charge is -2.17. The summed E-state index contributed by atoms with van der Waals surface area (Å²) in [7, 11) is 1.68. The smallest absolute Gasteiger partial charge is 0.325 e. The van der Waals surface area contributed by atoms with E-state index in [1.807, 2.05) is 31.2 Å². The Balaban J connectivity index is 1.70. The minimum atomic E-state index is -0.548. The summed E-state index contributed by atoms with van der Waals surface area (Å²) >= 11 is 0. The third kappa shape index (κ3) is 4.11. The number of fused-ring (bicyclic) bond motifs is 1. The van der Waals surface area contributed by atoms with Crippen LogP contribution in [0.4, 0.5) is 0 Å². The number of hydrogen-bond donors (Lipinski definition) is 2. The van der Waals surface area contributed by atoms with Gasteiger partial charge < -0.3 is 9.88 Å². The molecule has 2 heterocycles. The van der Waals surface area contributed by atoms with Crippen LogP contribution in [0.1, 0.15) is 29.2 Å². The summed E-state index contributed by atoms with van der Waals surface area (Å²) in [5, 5.41) is 0.989. The van der Waals surface area contributed by atoms with Gasteiger partial charge in [-0.15, -0.1) is 0 Å². The number of aromatic nitrogens is 4. The molecule has 3 rings (SSSR count). The first-order valence-corrected chi connectivity index (χ1v) is 8.63. The second-order valence-corrected chi connectivity index (χ2v) is 6.50. The first-order chi connectivity index (χ1) is 12.8. The lowest BCUT2D eigenvalue weighted by atomic mass is 10.1. The Morgan fingerprint density at radius 3 is 2.59 bits per heavy atom. The molecule has 0 atom stereocenters. The van der Waals surface area contributed by atoms with Crippen LogP contribution < -0.4 is 11.2 Å². The normalized spacial score (nSPS) is 10.9. The van der Waals surface area contributed by atoms with Crippen molar-refractivity contribution in [3.8, 4) is 0 Å². The Labute approximate surface area is 155 Å². The maximum Gasteiger partial charge on any atom is 0.325 e. The second-order valence-electron chi connectivity index (χ2n) is 6.50. The zero-order valence-electron chi connectivity index (χ0n) is 15.5. The van der Waals surface area contributed by atoms with Gasteiger partial charge in [-0.3, -0.25) is 14.6 Å². The number of nitrogens with zero attached hydrogens (tertiary/aromatic N) is 3. The molecule has 0 saturated heterocycles. The van der Waals surface area contributed by atoms with Crippen molar-refractivity contribution >= 4 is 16.8 Å². The number of amides is 1. The van der Waals surface area contributed by atoms with E-state index in [0.717, 1.165) is 16.6 Å². The van der Waals surface area contributed by atoms with Crippen molar-refractivity contribution in [1.29, 1.82) is 0 Å². The van der Waals surface area contributed by atoms with E-state index in [2.05, 4.69) is 19.9 Å². The number of carbonyl (C=O) groups excluding carboxylic acids is 1. The minimum Gasteiger partial charge on any atom is -0.338 e. The number of carbonyl (C=O) groups is 1. The maximum atomic E-state index is 12.4. The summed E-state index contributed by atoms with van der Waals surface area (Å²) in [4.78, 5) is 50.8. The van der Waals surface area contributed by atoms with Gasteiger partial charge in [0.25, 0.3) is 5.56 Å². The van der Waals surface area contributed by atoms with Crippen LogP contribution in [-0.4, -0.2) is 37.8 Å². The van der Waals surface area contributed by atoms with Gasteiger partial charge in [0.2, 0.25) is 5.91 Å². The fourth-order valence-electron chi connectivity index (χ4n) is 3.02.